The molecule has 0 heterocycles. The molecule has 3 nitrogen and oxygen atoms in total. The zero-order chi connectivity index (χ0) is 11.5. The van der Waals surface area contributed by atoms with Crippen LogP contribution in [-0.2, 0) is 4.79 Å². The normalized spacial score (nSPS) is 30.9. The standard InChI is InChI=1S/C12H22O3/c1-11(2)5-3-6-12(15,9-8-11)7-4-10(13)14/h15H,3-9H2,1-2H3,(H,13,14). The van der Waals surface area contributed by atoms with Crippen molar-refractivity contribution in [1.82, 2.24) is 0 Å². The summed E-state index contributed by atoms with van der Waals surface area (Å²) in [6, 6.07) is 0. The summed E-state index contributed by atoms with van der Waals surface area (Å²) in [6.45, 7) is 4.44. The van der Waals surface area contributed by atoms with E-state index in [4.69, 9.17) is 5.11 Å². The summed E-state index contributed by atoms with van der Waals surface area (Å²) in [6.07, 6.45) is 5.10. The Balaban J connectivity index is 2.50. The van der Waals surface area contributed by atoms with E-state index in [1.54, 1.807) is 0 Å². The van der Waals surface area contributed by atoms with Crippen LogP contribution in [0, 0.1) is 5.41 Å². The van der Waals surface area contributed by atoms with Crippen LogP contribution in [0.1, 0.15) is 58.8 Å². The highest BCUT2D eigenvalue weighted by molar-refractivity contribution is 5.66. The molecule has 0 spiro atoms. The van der Waals surface area contributed by atoms with Gasteiger partial charge in [-0.1, -0.05) is 20.3 Å². The average Bonchev–Trinajstić information content (AvgIpc) is 2.24. The van der Waals surface area contributed by atoms with Crippen molar-refractivity contribution < 1.29 is 15.0 Å². The van der Waals surface area contributed by atoms with Crippen molar-refractivity contribution in [3.63, 3.8) is 0 Å². The summed E-state index contributed by atoms with van der Waals surface area (Å²) in [5.74, 6) is -0.813. The van der Waals surface area contributed by atoms with E-state index in [-0.39, 0.29) is 6.42 Å². The van der Waals surface area contributed by atoms with Crippen molar-refractivity contribution in [2.24, 2.45) is 5.41 Å². The molecule has 1 unspecified atom stereocenters. The second kappa shape index (κ2) is 4.52. The third-order valence-corrected chi connectivity index (χ3v) is 3.57. The van der Waals surface area contributed by atoms with E-state index in [9.17, 15) is 9.90 Å². The lowest BCUT2D eigenvalue weighted by molar-refractivity contribution is -0.138. The van der Waals surface area contributed by atoms with E-state index in [0.717, 1.165) is 32.1 Å². The van der Waals surface area contributed by atoms with E-state index in [1.807, 2.05) is 0 Å². The number of aliphatic hydroxyl groups is 1. The fraction of sp³-hybridized carbons (Fsp3) is 0.917. The van der Waals surface area contributed by atoms with Crippen LogP contribution in [-0.4, -0.2) is 21.8 Å². The molecule has 3 heteroatoms. The zero-order valence-corrected chi connectivity index (χ0v) is 9.75. The first-order valence-corrected chi connectivity index (χ1v) is 5.77. The van der Waals surface area contributed by atoms with E-state index in [0.29, 0.717) is 11.8 Å². The van der Waals surface area contributed by atoms with Gasteiger partial charge in [0, 0.05) is 6.42 Å². The second-order valence-electron chi connectivity index (χ2n) is 5.64. The van der Waals surface area contributed by atoms with Crippen molar-refractivity contribution in [2.45, 2.75) is 64.4 Å². The van der Waals surface area contributed by atoms with Gasteiger partial charge in [-0.15, -0.1) is 0 Å². The van der Waals surface area contributed by atoms with Crippen LogP contribution in [0.15, 0.2) is 0 Å². The first kappa shape index (κ1) is 12.5. The first-order chi connectivity index (χ1) is 6.83. The molecular weight excluding hydrogens is 192 g/mol. The number of carboxylic acids is 1. The Morgan fingerprint density at radius 1 is 1.20 bits per heavy atom. The molecule has 0 aromatic rings. The maximum atomic E-state index is 10.5. The Morgan fingerprint density at radius 2 is 1.87 bits per heavy atom. The number of aliphatic carboxylic acids is 1. The molecule has 88 valence electrons. The van der Waals surface area contributed by atoms with Gasteiger partial charge in [-0.2, -0.15) is 0 Å². The van der Waals surface area contributed by atoms with E-state index in [1.165, 1.54) is 0 Å². The molecule has 1 fully saturated rings. The van der Waals surface area contributed by atoms with Gasteiger partial charge in [0.15, 0.2) is 0 Å². The maximum Gasteiger partial charge on any atom is 0.303 e. The number of carbonyl (C=O) groups is 1. The highest BCUT2D eigenvalue weighted by Crippen LogP contribution is 2.39. The number of hydrogen-bond donors (Lipinski definition) is 2. The van der Waals surface area contributed by atoms with Gasteiger partial charge in [-0.05, 0) is 37.5 Å². The minimum Gasteiger partial charge on any atom is -0.481 e. The lowest BCUT2D eigenvalue weighted by atomic mass is 9.83. The Hall–Kier alpha value is -0.570. The number of hydrogen-bond acceptors (Lipinski definition) is 2. The molecule has 2 N–H and O–H groups in total. The fourth-order valence-electron chi connectivity index (χ4n) is 2.31. The quantitative estimate of drug-likeness (QED) is 0.710. The molecule has 1 rings (SSSR count). The molecule has 1 saturated carbocycles. The lowest BCUT2D eigenvalue weighted by Crippen LogP contribution is -2.29. The van der Waals surface area contributed by atoms with Crippen LogP contribution >= 0.6 is 0 Å². The van der Waals surface area contributed by atoms with Crippen LogP contribution in [0.5, 0.6) is 0 Å². The smallest absolute Gasteiger partial charge is 0.303 e. The highest BCUT2D eigenvalue weighted by atomic mass is 16.4. The van der Waals surface area contributed by atoms with Gasteiger partial charge >= 0.3 is 5.97 Å². The van der Waals surface area contributed by atoms with Crippen molar-refractivity contribution >= 4 is 5.97 Å². The van der Waals surface area contributed by atoms with Crippen LogP contribution in [0.25, 0.3) is 0 Å². The van der Waals surface area contributed by atoms with Gasteiger partial charge in [-0.25, -0.2) is 0 Å². The minimum absolute atomic E-state index is 0.0803. The summed E-state index contributed by atoms with van der Waals surface area (Å²) < 4.78 is 0. The van der Waals surface area contributed by atoms with Crippen LogP contribution in [0.3, 0.4) is 0 Å². The third kappa shape index (κ3) is 4.20. The monoisotopic (exact) mass is 214 g/mol. The SMILES string of the molecule is CC1(C)CCCC(O)(CCC(=O)O)CC1. The van der Waals surface area contributed by atoms with Crippen molar-refractivity contribution in [2.75, 3.05) is 0 Å². The van der Waals surface area contributed by atoms with Crippen LogP contribution < -0.4 is 0 Å². The Morgan fingerprint density at radius 3 is 2.47 bits per heavy atom. The fourth-order valence-corrected chi connectivity index (χ4v) is 2.31. The Bertz CT molecular complexity index is 235. The van der Waals surface area contributed by atoms with Gasteiger partial charge < -0.3 is 10.2 Å². The minimum atomic E-state index is -0.813. The molecular formula is C12H22O3. The second-order valence-corrected chi connectivity index (χ2v) is 5.64. The van der Waals surface area contributed by atoms with E-state index in [2.05, 4.69) is 13.8 Å². The molecule has 1 atom stereocenters. The average molecular weight is 214 g/mol. The predicted molar refractivity (Wildman–Crippen MR) is 58.7 cm³/mol. The van der Waals surface area contributed by atoms with E-state index < -0.39 is 11.6 Å². The Labute approximate surface area is 91.5 Å². The van der Waals surface area contributed by atoms with Gasteiger partial charge in [0.2, 0.25) is 0 Å². The molecule has 1 aliphatic rings. The molecule has 0 amide bonds. The highest BCUT2D eigenvalue weighted by Gasteiger charge is 2.33. The summed E-state index contributed by atoms with van der Waals surface area (Å²) in [5, 5.41) is 18.9. The van der Waals surface area contributed by atoms with Crippen LogP contribution in [0.4, 0.5) is 0 Å². The topological polar surface area (TPSA) is 57.5 Å². The maximum absolute atomic E-state index is 10.5. The molecule has 0 saturated heterocycles. The largest absolute Gasteiger partial charge is 0.481 e. The third-order valence-electron chi connectivity index (χ3n) is 3.57. The van der Waals surface area contributed by atoms with Gasteiger partial charge in [-0.3, -0.25) is 4.79 Å². The predicted octanol–water partition coefficient (Wildman–Crippen LogP) is 2.57. The zero-order valence-electron chi connectivity index (χ0n) is 9.75. The van der Waals surface area contributed by atoms with Gasteiger partial charge in [0.05, 0.1) is 5.60 Å². The number of carboxylic acid groups (broad SMARTS) is 1. The molecule has 0 radical (unpaired) electrons. The summed E-state index contributed by atoms with van der Waals surface area (Å²) in [4.78, 5) is 10.5. The van der Waals surface area contributed by atoms with E-state index >= 15 is 0 Å². The van der Waals surface area contributed by atoms with Gasteiger partial charge in [0.1, 0.15) is 0 Å². The van der Waals surface area contributed by atoms with Crippen LogP contribution in [0.2, 0.25) is 0 Å². The molecule has 15 heavy (non-hydrogen) atoms. The number of rotatable bonds is 3. The van der Waals surface area contributed by atoms with Crippen molar-refractivity contribution in [3.05, 3.63) is 0 Å². The molecule has 0 aromatic carbocycles. The summed E-state index contributed by atoms with van der Waals surface area (Å²) >= 11 is 0. The Kier molecular flexibility index (Phi) is 3.77. The van der Waals surface area contributed by atoms with Crippen molar-refractivity contribution in [1.29, 1.82) is 0 Å². The molecule has 0 aromatic heterocycles. The van der Waals surface area contributed by atoms with Crippen molar-refractivity contribution in [3.8, 4) is 0 Å². The first-order valence-electron chi connectivity index (χ1n) is 5.77. The molecule has 0 bridgehead atoms. The lowest BCUT2D eigenvalue weighted by Gasteiger charge is -2.27. The van der Waals surface area contributed by atoms with Gasteiger partial charge in [0.25, 0.3) is 0 Å². The summed E-state index contributed by atoms with van der Waals surface area (Å²) in [5.41, 5.74) is -0.431. The summed E-state index contributed by atoms with van der Waals surface area (Å²) in [7, 11) is 0. The molecule has 0 aliphatic heterocycles. The molecule has 1 aliphatic carbocycles.